The number of hydrogen-bond acceptors (Lipinski definition) is 3. The summed E-state index contributed by atoms with van der Waals surface area (Å²) in [4.78, 5) is 25.5. The van der Waals surface area contributed by atoms with E-state index in [9.17, 15) is 9.59 Å². The quantitative estimate of drug-likeness (QED) is 0.670. The molecule has 0 radical (unpaired) electrons. The average Bonchev–Trinajstić information content (AvgIpc) is 2.74. The summed E-state index contributed by atoms with van der Waals surface area (Å²) in [6, 6.07) is 23.4. The SMILES string of the molecule is COc1ccccc1C(=O)Nc1ccccc1C(=O)N[C@@H](C)c1ccccc1. The van der Waals surface area contributed by atoms with E-state index >= 15 is 0 Å². The summed E-state index contributed by atoms with van der Waals surface area (Å²) in [5.74, 6) is -0.124. The van der Waals surface area contributed by atoms with Gasteiger partial charge in [-0.05, 0) is 36.8 Å². The van der Waals surface area contributed by atoms with Crippen LogP contribution in [0, 0.1) is 0 Å². The highest BCUT2D eigenvalue weighted by Gasteiger charge is 2.18. The highest BCUT2D eigenvalue weighted by Crippen LogP contribution is 2.22. The Hall–Kier alpha value is -3.60. The highest BCUT2D eigenvalue weighted by atomic mass is 16.5. The first-order valence-electron chi connectivity index (χ1n) is 8.99. The van der Waals surface area contributed by atoms with Crippen molar-refractivity contribution in [3.05, 3.63) is 95.6 Å². The van der Waals surface area contributed by atoms with Crippen LogP contribution in [0.5, 0.6) is 5.75 Å². The maximum absolute atomic E-state index is 12.8. The molecule has 28 heavy (non-hydrogen) atoms. The predicted octanol–water partition coefficient (Wildman–Crippen LogP) is 4.44. The van der Waals surface area contributed by atoms with Gasteiger partial charge in [0.15, 0.2) is 0 Å². The maximum atomic E-state index is 12.8. The number of para-hydroxylation sites is 2. The normalized spacial score (nSPS) is 11.4. The monoisotopic (exact) mass is 374 g/mol. The van der Waals surface area contributed by atoms with Crippen LogP contribution < -0.4 is 15.4 Å². The number of anilines is 1. The smallest absolute Gasteiger partial charge is 0.259 e. The molecule has 0 bridgehead atoms. The number of benzene rings is 3. The lowest BCUT2D eigenvalue weighted by Gasteiger charge is -2.16. The number of amides is 2. The van der Waals surface area contributed by atoms with Crippen LogP contribution in [0.15, 0.2) is 78.9 Å². The Morgan fingerprint density at radius 3 is 2.11 bits per heavy atom. The molecule has 3 aromatic carbocycles. The van der Waals surface area contributed by atoms with E-state index in [0.29, 0.717) is 22.6 Å². The molecule has 3 aromatic rings. The van der Waals surface area contributed by atoms with Crippen molar-refractivity contribution < 1.29 is 14.3 Å². The first kappa shape index (κ1) is 19.2. The van der Waals surface area contributed by atoms with Crippen molar-refractivity contribution in [3.63, 3.8) is 0 Å². The standard InChI is InChI=1S/C23H22N2O3/c1-16(17-10-4-3-5-11-17)24-22(26)18-12-6-8-14-20(18)25-23(27)19-13-7-9-15-21(19)28-2/h3-16H,1-2H3,(H,24,26)(H,25,27)/t16-/m0/s1. The molecule has 0 aliphatic carbocycles. The molecule has 0 aromatic heterocycles. The molecule has 2 N–H and O–H groups in total. The molecule has 0 saturated heterocycles. The molecule has 0 aliphatic heterocycles. The molecular formula is C23H22N2O3. The number of ether oxygens (including phenoxy) is 1. The largest absolute Gasteiger partial charge is 0.496 e. The van der Waals surface area contributed by atoms with Crippen LogP contribution in [-0.2, 0) is 0 Å². The maximum Gasteiger partial charge on any atom is 0.259 e. The molecule has 0 heterocycles. The van der Waals surface area contributed by atoms with Crippen molar-refractivity contribution in [1.29, 1.82) is 0 Å². The topological polar surface area (TPSA) is 67.4 Å². The lowest BCUT2D eigenvalue weighted by molar-refractivity contribution is 0.0941. The fraction of sp³-hybridized carbons (Fsp3) is 0.130. The number of hydrogen-bond donors (Lipinski definition) is 2. The average molecular weight is 374 g/mol. The molecule has 5 heteroatoms. The lowest BCUT2D eigenvalue weighted by Crippen LogP contribution is -2.28. The third-order valence-electron chi connectivity index (χ3n) is 4.42. The first-order chi connectivity index (χ1) is 13.6. The van der Waals surface area contributed by atoms with Gasteiger partial charge in [0.25, 0.3) is 11.8 Å². The zero-order chi connectivity index (χ0) is 19.9. The third kappa shape index (κ3) is 4.38. The van der Waals surface area contributed by atoms with Crippen LogP contribution in [0.2, 0.25) is 0 Å². The van der Waals surface area contributed by atoms with Gasteiger partial charge in [-0.1, -0.05) is 54.6 Å². The summed E-state index contributed by atoms with van der Waals surface area (Å²) >= 11 is 0. The molecule has 0 spiro atoms. The van der Waals surface area contributed by atoms with E-state index in [0.717, 1.165) is 5.56 Å². The Balaban J connectivity index is 1.79. The van der Waals surface area contributed by atoms with Gasteiger partial charge >= 0.3 is 0 Å². The van der Waals surface area contributed by atoms with Crippen molar-refractivity contribution in [3.8, 4) is 5.75 Å². The molecular weight excluding hydrogens is 352 g/mol. The molecule has 3 rings (SSSR count). The van der Waals surface area contributed by atoms with E-state index in [4.69, 9.17) is 4.74 Å². The van der Waals surface area contributed by atoms with Gasteiger partial charge in [-0.15, -0.1) is 0 Å². The van der Waals surface area contributed by atoms with Crippen molar-refractivity contribution in [2.75, 3.05) is 12.4 Å². The lowest BCUT2D eigenvalue weighted by atomic mass is 10.1. The van der Waals surface area contributed by atoms with Gasteiger partial charge in [0, 0.05) is 0 Å². The van der Waals surface area contributed by atoms with Crippen LogP contribution in [0.4, 0.5) is 5.69 Å². The Bertz CT molecular complexity index is 970. The Morgan fingerprint density at radius 1 is 0.786 bits per heavy atom. The first-order valence-corrected chi connectivity index (χ1v) is 8.99. The number of methoxy groups -OCH3 is 1. The molecule has 0 aliphatic rings. The second-order valence-electron chi connectivity index (χ2n) is 6.31. The van der Waals surface area contributed by atoms with Crippen molar-refractivity contribution in [2.24, 2.45) is 0 Å². The number of nitrogens with one attached hydrogen (secondary N) is 2. The van der Waals surface area contributed by atoms with Gasteiger partial charge < -0.3 is 15.4 Å². The molecule has 0 fully saturated rings. The molecule has 2 amide bonds. The summed E-state index contributed by atoms with van der Waals surface area (Å²) in [6.07, 6.45) is 0. The van der Waals surface area contributed by atoms with Crippen molar-refractivity contribution in [2.45, 2.75) is 13.0 Å². The fourth-order valence-corrected chi connectivity index (χ4v) is 2.91. The Labute approximate surface area is 164 Å². The minimum absolute atomic E-state index is 0.160. The van der Waals surface area contributed by atoms with Crippen LogP contribution >= 0.6 is 0 Å². The van der Waals surface area contributed by atoms with E-state index in [1.807, 2.05) is 37.3 Å². The van der Waals surface area contributed by atoms with Gasteiger partial charge in [0.05, 0.1) is 30.0 Å². The predicted molar refractivity (Wildman–Crippen MR) is 110 cm³/mol. The highest BCUT2D eigenvalue weighted by molar-refractivity contribution is 6.10. The summed E-state index contributed by atoms with van der Waals surface area (Å²) in [5.41, 5.74) is 2.24. The van der Waals surface area contributed by atoms with E-state index in [2.05, 4.69) is 10.6 Å². The van der Waals surface area contributed by atoms with Gasteiger partial charge in [-0.25, -0.2) is 0 Å². The van der Waals surface area contributed by atoms with Crippen LogP contribution in [-0.4, -0.2) is 18.9 Å². The number of carbonyl (C=O) groups is 2. The minimum Gasteiger partial charge on any atom is -0.496 e. The van der Waals surface area contributed by atoms with Gasteiger partial charge in [-0.2, -0.15) is 0 Å². The summed E-state index contributed by atoms with van der Waals surface area (Å²) in [6.45, 7) is 1.92. The van der Waals surface area contributed by atoms with E-state index in [-0.39, 0.29) is 17.9 Å². The number of rotatable bonds is 6. The van der Waals surface area contributed by atoms with Gasteiger partial charge in [0.2, 0.25) is 0 Å². The molecule has 0 saturated carbocycles. The van der Waals surface area contributed by atoms with Crippen molar-refractivity contribution >= 4 is 17.5 Å². The number of carbonyl (C=O) groups excluding carboxylic acids is 2. The Kier molecular flexibility index (Phi) is 6.07. The molecule has 5 nitrogen and oxygen atoms in total. The van der Waals surface area contributed by atoms with Crippen LogP contribution in [0.25, 0.3) is 0 Å². The van der Waals surface area contributed by atoms with Crippen molar-refractivity contribution in [1.82, 2.24) is 5.32 Å². The molecule has 142 valence electrons. The van der Waals surface area contributed by atoms with Crippen LogP contribution in [0.3, 0.4) is 0 Å². The van der Waals surface area contributed by atoms with Gasteiger partial charge in [-0.3, -0.25) is 9.59 Å². The zero-order valence-corrected chi connectivity index (χ0v) is 15.8. The third-order valence-corrected chi connectivity index (χ3v) is 4.42. The minimum atomic E-state index is -0.339. The summed E-state index contributed by atoms with van der Waals surface area (Å²) in [5, 5.41) is 5.79. The summed E-state index contributed by atoms with van der Waals surface area (Å²) < 4.78 is 5.24. The zero-order valence-electron chi connectivity index (χ0n) is 15.8. The Morgan fingerprint density at radius 2 is 1.39 bits per heavy atom. The van der Waals surface area contributed by atoms with Gasteiger partial charge in [0.1, 0.15) is 5.75 Å². The second-order valence-corrected chi connectivity index (χ2v) is 6.31. The van der Waals surface area contributed by atoms with E-state index in [1.165, 1.54) is 7.11 Å². The second kappa shape index (κ2) is 8.86. The fourth-order valence-electron chi connectivity index (χ4n) is 2.91. The molecule has 0 unspecified atom stereocenters. The van der Waals surface area contributed by atoms with E-state index in [1.54, 1.807) is 48.5 Å². The summed E-state index contributed by atoms with van der Waals surface area (Å²) in [7, 11) is 1.51. The van der Waals surface area contributed by atoms with E-state index < -0.39 is 0 Å². The van der Waals surface area contributed by atoms with Crippen LogP contribution in [0.1, 0.15) is 39.2 Å². The molecule has 1 atom stereocenters.